The van der Waals surface area contributed by atoms with Crippen LogP contribution in [0.3, 0.4) is 0 Å². The summed E-state index contributed by atoms with van der Waals surface area (Å²) in [6.07, 6.45) is 7.52. The first-order chi connectivity index (χ1) is 13.5. The van der Waals surface area contributed by atoms with Crippen molar-refractivity contribution in [2.24, 2.45) is 0 Å². The Morgan fingerprint density at radius 2 is 1.21 bits per heavy atom. The number of nitrogens with zero attached hydrogens (tertiary/aromatic N) is 3. The highest BCUT2D eigenvalue weighted by atomic mass is 15.1. The minimum atomic E-state index is 0.735. The Labute approximate surface area is 176 Å². The highest BCUT2D eigenvalue weighted by Crippen LogP contribution is 2.07. The van der Waals surface area contributed by atoms with E-state index in [2.05, 4.69) is 76.6 Å². The van der Waals surface area contributed by atoms with Crippen LogP contribution in [-0.4, -0.2) is 43.0 Å². The van der Waals surface area contributed by atoms with Gasteiger partial charge in [-0.05, 0) is 76.6 Å². The first-order valence-electron chi connectivity index (χ1n) is 11.4. The molecule has 1 rings (SSSR count). The van der Waals surface area contributed by atoms with Gasteiger partial charge in [0.15, 0.2) is 0 Å². The molecule has 0 unspecified atom stereocenters. The third-order valence-electron chi connectivity index (χ3n) is 3.88. The van der Waals surface area contributed by atoms with Gasteiger partial charge >= 0.3 is 0 Å². The van der Waals surface area contributed by atoms with E-state index in [4.69, 9.17) is 5.26 Å². The molecule has 0 aromatic heterocycles. The van der Waals surface area contributed by atoms with E-state index in [1.165, 1.54) is 63.7 Å². The maximum atomic E-state index is 8.81. The summed E-state index contributed by atoms with van der Waals surface area (Å²) in [6.45, 7) is 18.8. The number of unbranched alkanes of at least 4 members (excludes halogenated alkanes) is 1. The summed E-state index contributed by atoms with van der Waals surface area (Å²) >= 11 is 0. The second kappa shape index (κ2) is 21.9. The number of rotatable bonds is 11. The van der Waals surface area contributed by atoms with Crippen molar-refractivity contribution in [1.29, 1.82) is 5.26 Å². The van der Waals surface area contributed by atoms with Crippen molar-refractivity contribution in [3.8, 4) is 6.07 Å². The maximum absolute atomic E-state index is 8.81. The molecule has 0 aliphatic heterocycles. The van der Waals surface area contributed by atoms with Crippen LogP contribution in [0.1, 0.15) is 91.2 Å². The summed E-state index contributed by atoms with van der Waals surface area (Å²) in [6, 6.07) is 10.1. The van der Waals surface area contributed by atoms with Crippen LogP contribution in [0, 0.1) is 11.3 Å². The Morgan fingerprint density at radius 1 is 0.750 bits per heavy atom. The van der Waals surface area contributed by atoms with Gasteiger partial charge in [0.05, 0.1) is 11.6 Å². The lowest BCUT2D eigenvalue weighted by molar-refractivity contribution is 0.255. The average molecular weight is 390 g/mol. The molecule has 1 aromatic carbocycles. The number of benzene rings is 1. The Kier molecular flexibility index (Phi) is 22.6. The Hall–Kier alpha value is -1.37. The summed E-state index contributed by atoms with van der Waals surface area (Å²) < 4.78 is 0. The van der Waals surface area contributed by atoms with Gasteiger partial charge in [0.25, 0.3) is 0 Å². The normalized spacial score (nSPS) is 10.0. The smallest absolute Gasteiger partial charge is 0.0991 e. The lowest BCUT2D eigenvalue weighted by atomic mass is 10.1. The Balaban J connectivity index is 0. The molecule has 3 nitrogen and oxygen atoms in total. The van der Waals surface area contributed by atoms with Crippen molar-refractivity contribution in [2.75, 3.05) is 33.2 Å². The summed E-state index contributed by atoms with van der Waals surface area (Å²) in [4.78, 5) is 4.95. The zero-order valence-corrected chi connectivity index (χ0v) is 19.9. The molecule has 0 atom stereocenters. The summed E-state index contributed by atoms with van der Waals surface area (Å²) in [5, 5.41) is 8.81. The van der Waals surface area contributed by atoms with Gasteiger partial charge in [-0.1, -0.05) is 66.5 Å². The van der Waals surface area contributed by atoms with Crippen LogP contribution >= 0.6 is 0 Å². The zero-order chi connectivity index (χ0) is 21.6. The predicted molar refractivity (Wildman–Crippen MR) is 126 cm³/mol. The van der Waals surface area contributed by atoms with Gasteiger partial charge in [0.1, 0.15) is 0 Å². The third-order valence-corrected chi connectivity index (χ3v) is 3.88. The van der Waals surface area contributed by atoms with Crippen molar-refractivity contribution in [3.63, 3.8) is 0 Å². The molecule has 162 valence electrons. The molecule has 1 aromatic rings. The maximum Gasteiger partial charge on any atom is 0.0991 e. The molecule has 0 spiro atoms. The molecule has 0 bridgehead atoms. The molecule has 0 amide bonds. The fraction of sp³-hybridized carbons (Fsp3) is 0.720. The molecule has 0 radical (unpaired) electrons. The second-order valence-corrected chi connectivity index (χ2v) is 7.51. The lowest BCUT2D eigenvalue weighted by Gasteiger charge is -2.22. The van der Waals surface area contributed by atoms with Gasteiger partial charge in [-0.3, -0.25) is 0 Å². The molecule has 0 fully saturated rings. The van der Waals surface area contributed by atoms with E-state index in [1.807, 2.05) is 12.1 Å². The van der Waals surface area contributed by atoms with Crippen LogP contribution in [0.5, 0.6) is 0 Å². The van der Waals surface area contributed by atoms with Crippen molar-refractivity contribution < 1.29 is 0 Å². The highest BCUT2D eigenvalue weighted by Gasteiger charge is 2.04. The minimum Gasteiger partial charge on any atom is -0.303 e. The standard InChI is InChI=1S/C19H31N3.2C3H8/c1-4-12-22(13-5-2)15-7-6-14-21(3)17-19-10-8-18(16-20)9-11-19;2*1-3-2/h8-11H,4-7,12-15,17H2,1-3H3;2*3H2,1-2H3. The van der Waals surface area contributed by atoms with E-state index >= 15 is 0 Å². The van der Waals surface area contributed by atoms with Gasteiger partial charge in [-0.15, -0.1) is 0 Å². The van der Waals surface area contributed by atoms with Crippen LogP contribution < -0.4 is 0 Å². The number of hydrogen-bond acceptors (Lipinski definition) is 3. The van der Waals surface area contributed by atoms with Crippen molar-refractivity contribution in [2.45, 2.75) is 86.6 Å². The molecular weight excluding hydrogens is 342 g/mol. The van der Waals surface area contributed by atoms with Crippen LogP contribution in [0.25, 0.3) is 0 Å². The van der Waals surface area contributed by atoms with Crippen LogP contribution in [0.15, 0.2) is 24.3 Å². The fourth-order valence-electron chi connectivity index (χ4n) is 2.76. The number of hydrogen-bond donors (Lipinski definition) is 0. The molecule has 3 heteroatoms. The van der Waals surface area contributed by atoms with Gasteiger partial charge in [-0.2, -0.15) is 5.26 Å². The van der Waals surface area contributed by atoms with E-state index in [0.717, 1.165) is 18.7 Å². The SMILES string of the molecule is CCC.CCC.CCCN(CCC)CCCCN(C)Cc1ccc(C#N)cc1. The van der Waals surface area contributed by atoms with Crippen LogP contribution in [0.4, 0.5) is 0 Å². The second-order valence-electron chi connectivity index (χ2n) is 7.51. The molecule has 0 heterocycles. The van der Waals surface area contributed by atoms with Gasteiger partial charge < -0.3 is 9.80 Å². The Morgan fingerprint density at radius 3 is 1.64 bits per heavy atom. The van der Waals surface area contributed by atoms with E-state index in [0.29, 0.717) is 0 Å². The lowest BCUT2D eigenvalue weighted by Crippen LogP contribution is -2.27. The topological polar surface area (TPSA) is 30.3 Å². The summed E-state index contributed by atoms with van der Waals surface area (Å²) in [7, 11) is 2.17. The number of nitriles is 1. The van der Waals surface area contributed by atoms with E-state index < -0.39 is 0 Å². The first-order valence-corrected chi connectivity index (χ1v) is 11.4. The molecule has 28 heavy (non-hydrogen) atoms. The molecule has 0 aliphatic rings. The highest BCUT2D eigenvalue weighted by molar-refractivity contribution is 5.31. The van der Waals surface area contributed by atoms with Crippen LogP contribution in [-0.2, 0) is 6.54 Å². The van der Waals surface area contributed by atoms with Crippen LogP contribution in [0.2, 0.25) is 0 Å². The third kappa shape index (κ3) is 18.0. The van der Waals surface area contributed by atoms with E-state index in [9.17, 15) is 0 Å². The van der Waals surface area contributed by atoms with Gasteiger partial charge in [-0.25, -0.2) is 0 Å². The predicted octanol–water partition coefficient (Wildman–Crippen LogP) is 6.72. The first kappa shape index (κ1) is 28.8. The van der Waals surface area contributed by atoms with Gasteiger partial charge in [0.2, 0.25) is 0 Å². The summed E-state index contributed by atoms with van der Waals surface area (Å²) in [5.41, 5.74) is 2.01. The molecule has 0 saturated carbocycles. The molecule has 0 aliphatic carbocycles. The van der Waals surface area contributed by atoms with Crippen molar-refractivity contribution in [1.82, 2.24) is 9.80 Å². The van der Waals surface area contributed by atoms with E-state index in [1.54, 1.807) is 0 Å². The largest absolute Gasteiger partial charge is 0.303 e. The monoisotopic (exact) mass is 389 g/mol. The summed E-state index contributed by atoms with van der Waals surface area (Å²) in [5.74, 6) is 0. The molecule has 0 N–H and O–H groups in total. The minimum absolute atomic E-state index is 0.735. The molecule has 0 saturated heterocycles. The quantitative estimate of drug-likeness (QED) is 0.393. The average Bonchev–Trinajstić information content (AvgIpc) is 2.67. The van der Waals surface area contributed by atoms with E-state index in [-0.39, 0.29) is 0 Å². The Bertz CT molecular complexity index is 454. The zero-order valence-electron chi connectivity index (χ0n) is 19.9. The van der Waals surface area contributed by atoms with Gasteiger partial charge in [0, 0.05) is 6.54 Å². The molecular formula is C25H47N3. The van der Waals surface area contributed by atoms with Crippen molar-refractivity contribution >= 4 is 0 Å². The fourth-order valence-corrected chi connectivity index (χ4v) is 2.76. The van der Waals surface area contributed by atoms with Crippen molar-refractivity contribution in [3.05, 3.63) is 35.4 Å².